The van der Waals surface area contributed by atoms with E-state index in [9.17, 15) is 13.5 Å². The summed E-state index contributed by atoms with van der Waals surface area (Å²) < 4.78 is 32.5. The predicted molar refractivity (Wildman–Crippen MR) is 127 cm³/mol. The van der Waals surface area contributed by atoms with Gasteiger partial charge in [0.25, 0.3) is 0 Å². The number of sulfone groups is 1. The van der Waals surface area contributed by atoms with E-state index in [0.29, 0.717) is 16.7 Å². The minimum absolute atomic E-state index is 0.0330. The van der Waals surface area contributed by atoms with Crippen LogP contribution < -0.4 is 10.1 Å². The van der Waals surface area contributed by atoms with Gasteiger partial charge in [0.1, 0.15) is 28.9 Å². The summed E-state index contributed by atoms with van der Waals surface area (Å²) in [6, 6.07) is 8.92. The first kappa shape index (κ1) is 22.4. The van der Waals surface area contributed by atoms with Crippen molar-refractivity contribution in [1.29, 1.82) is 0 Å². The third-order valence-electron chi connectivity index (χ3n) is 4.97. The average molecular weight is 473 g/mol. The number of hydrogen-bond donors (Lipinski definition) is 2. The molecule has 168 valence electrons. The van der Waals surface area contributed by atoms with Crippen LogP contribution in [-0.4, -0.2) is 45.9 Å². The van der Waals surface area contributed by atoms with E-state index >= 15 is 0 Å². The minimum Gasteiger partial charge on any atom is -0.487 e. The van der Waals surface area contributed by atoms with Crippen molar-refractivity contribution in [3.63, 3.8) is 0 Å². The number of aromatic nitrogens is 3. The van der Waals surface area contributed by atoms with Gasteiger partial charge in [-0.15, -0.1) is 11.3 Å². The summed E-state index contributed by atoms with van der Waals surface area (Å²) in [7, 11) is -3.76. The van der Waals surface area contributed by atoms with Crippen LogP contribution in [0, 0.1) is 0 Å². The largest absolute Gasteiger partial charge is 0.487 e. The monoisotopic (exact) mass is 472 g/mol. The van der Waals surface area contributed by atoms with Gasteiger partial charge in [-0.2, -0.15) is 0 Å². The van der Waals surface area contributed by atoms with Crippen LogP contribution in [0.5, 0.6) is 5.75 Å². The molecular weight excluding hydrogens is 448 g/mol. The summed E-state index contributed by atoms with van der Waals surface area (Å²) in [5, 5.41) is 13.2. The number of nitrogens with one attached hydrogen (secondary N) is 1. The first-order valence-corrected chi connectivity index (χ1v) is 12.4. The molecule has 4 aromatic rings. The predicted octanol–water partition coefficient (Wildman–Crippen LogP) is 4.31. The molecule has 0 amide bonds. The molecule has 2 N–H and O–H groups in total. The third kappa shape index (κ3) is 4.13. The number of aliphatic hydroxyl groups is 1. The van der Waals surface area contributed by atoms with Crippen molar-refractivity contribution in [1.82, 2.24) is 15.0 Å². The minimum atomic E-state index is -3.76. The highest BCUT2D eigenvalue weighted by Gasteiger charge is 2.34. The van der Waals surface area contributed by atoms with E-state index in [1.807, 2.05) is 18.2 Å². The molecule has 1 atom stereocenters. The number of benzene rings is 2. The number of nitrogens with zero attached hydrogens (tertiary/aromatic N) is 3. The van der Waals surface area contributed by atoms with Crippen molar-refractivity contribution in [2.45, 2.75) is 43.4 Å². The number of hydrogen-bond acceptors (Lipinski definition) is 9. The van der Waals surface area contributed by atoms with Crippen LogP contribution in [0.2, 0.25) is 0 Å². The van der Waals surface area contributed by atoms with Crippen molar-refractivity contribution in [2.24, 2.45) is 0 Å². The number of aliphatic hydroxyl groups excluding tert-OH is 1. The smallest absolute Gasteiger partial charge is 0.186 e. The van der Waals surface area contributed by atoms with Gasteiger partial charge >= 0.3 is 0 Å². The molecule has 0 aliphatic carbocycles. The Balaban J connectivity index is 1.87. The van der Waals surface area contributed by atoms with Gasteiger partial charge in [0.05, 0.1) is 32.6 Å². The fraction of sp³-hybridized carbons (Fsp3) is 0.318. The van der Waals surface area contributed by atoms with Gasteiger partial charge in [-0.3, -0.25) is 0 Å². The molecule has 32 heavy (non-hydrogen) atoms. The molecule has 1 unspecified atom stereocenters. The van der Waals surface area contributed by atoms with Crippen molar-refractivity contribution in [2.75, 3.05) is 11.9 Å². The Morgan fingerprint density at radius 3 is 2.62 bits per heavy atom. The Kier molecular flexibility index (Phi) is 5.78. The quantitative estimate of drug-likeness (QED) is 0.427. The molecule has 10 heteroatoms. The maximum absolute atomic E-state index is 13.4. The topological polar surface area (TPSA) is 114 Å². The molecule has 0 radical (unpaired) electrons. The van der Waals surface area contributed by atoms with E-state index in [1.54, 1.807) is 56.7 Å². The maximum atomic E-state index is 13.4. The van der Waals surface area contributed by atoms with Crippen LogP contribution in [0.15, 0.2) is 47.1 Å². The van der Waals surface area contributed by atoms with Crippen LogP contribution in [-0.2, 0) is 9.84 Å². The first-order valence-electron chi connectivity index (χ1n) is 10.0. The average Bonchev–Trinajstić information content (AvgIpc) is 3.20. The number of fused-ring (bicyclic) bond motifs is 2. The van der Waals surface area contributed by atoms with Crippen LogP contribution in [0.4, 0.5) is 11.5 Å². The number of ether oxygens (including phenoxy) is 1. The molecule has 0 saturated heterocycles. The summed E-state index contributed by atoms with van der Waals surface area (Å²) in [5.41, 5.74) is 3.94. The Bertz CT molecular complexity index is 1390. The van der Waals surface area contributed by atoms with Crippen molar-refractivity contribution >= 4 is 53.8 Å². The molecule has 4 rings (SSSR count). The van der Waals surface area contributed by atoms with Crippen LogP contribution in [0.3, 0.4) is 0 Å². The molecule has 0 aliphatic heterocycles. The molecule has 8 nitrogen and oxygen atoms in total. The lowest BCUT2D eigenvalue weighted by Crippen LogP contribution is -2.29. The molecule has 0 bridgehead atoms. The van der Waals surface area contributed by atoms with Crippen LogP contribution in [0.25, 0.3) is 21.1 Å². The fourth-order valence-electron chi connectivity index (χ4n) is 3.12. The summed E-state index contributed by atoms with van der Waals surface area (Å²) in [6.45, 7) is 6.32. The standard InChI is InChI=1S/C22H24N4O4S2/c1-13(10-27)30-18-9-16-15(8-20(18)32(28,29)22(2,3)4)21(24-11-23-16)26-14-5-6-19-17(7-14)25-12-31-19/h5-9,11-13,27H,10H2,1-4H3,(H,23,24,26). The van der Waals surface area contributed by atoms with Crippen molar-refractivity contribution < 1.29 is 18.3 Å². The molecule has 2 heterocycles. The molecule has 0 spiro atoms. The summed E-state index contributed by atoms with van der Waals surface area (Å²) in [4.78, 5) is 13.0. The third-order valence-corrected chi connectivity index (χ3v) is 8.30. The summed E-state index contributed by atoms with van der Waals surface area (Å²) >= 11 is 1.56. The summed E-state index contributed by atoms with van der Waals surface area (Å²) in [5.74, 6) is 0.624. The number of anilines is 2. The Morgan fingerprint density at radius 2 is 1.91 bits per heavy atom. The first-order chi connectivity index (χ1) is 15.1. The zero-order valence-corrected chi connectivity index (χ0v) is 19.8. The molecule has 0 saturated carbocycles. The zero-order chi connectivity index (χ0) is 23.1. The van der Waals surface area contributed by atoms with E-state index in [-0.39, 0.29) is 17.3 Å². The highest BCUT2D eigenvalue weighted by Crippen LogP contribution is 2.37. The Hall–Kier alpha value is -2.82. The second-order valence-corrected chi connectivity index (χ2v) is 12.0. The van der Waals surface area contributed by atoms with E-state index < -0.39 is 20.7 Å². The molecule has 0 aliphatic rings. The van der Waals surface area contributed by atoms with Crippen molar-refractivity contribution in [3.05, 3.63) is 42.2 Å². The lowest BCUT2D eigenvalue weighted by Gasteiger charge is -2.23. The van der Waals surface area contributed by atoms with Gasteiger partial charge in [-0.05, 0) is 52.0 Å². The highest BCUT2D eigenvalue weighted by molar-refractivity contribution is 7.92. The van der Waals surface area contributed by atoms with Gasteiger partial charge in [0, 0.05) is 17.1 Å². The SMILES string of the molecule is CC(CO)Oc1cc2ncnc(Nc3ccc4scnc4c3)c2cc1S(=O)(=O)C(C)(C)C. The second-order valence-electron chi connectivity index (χ2n) is 8.43. The lowest BCUT2D eigenvalue weighted by molar-refractivity contribution is 0.127. The number of rotatable bonds is 6. The molecule has 0 fully saturated rings. The zero-order valence-electron chi connectivity index (χ0n) is 18.2. The molecular formula is C22H24N4O4S2. The van der Waals surface area contributed by atoms with E-state index in [0.717, 1.165) is 15.9 Å². The van der Waals surface area contributed by atoms with Crippen LogP contribution >= 0.6 is 11.3 Å². The highest BCUT2D eigenvalue weighted by atomic mass is 32.2. The normalized spacial score (nSPS) is 13.4. The van der Waals surface area contributed by atoms with E-state index in [1.165, 1.54) is 6.33 Å². The second kappa shape index (κ2) is 8.27. The van der Waals surface area contributed by atoms with Gasteiger partial charge < -0.3 is 15.2 Å². The molecule has 2 aromatic heterocycles. The van der Waals surface area contributed by atoms with Gasteiger partial charge in [0.2, 0.25) is 0 Å². The van der Waals surface area contributed by atoms with E-state index in [2.05, 4.69) is 20.3 Å². The Labute approximate surface area is 190 Å². The van der Waals surface area contributed by atoms with Crippen molar-refractivity contribution in [3.8, 4) is 5.75 Å². The fourth-order valence-corrected chi connectivity index (χ4v) is 5.09. The Morgan fingerprint density at radius 1 is 1.12 bits per heavy atom. The van der Waals surface area contributed by atoms with Gasteiger partial charge in [0.15, 0.2) is 9.84 Å². The number of thiazole rings is 1. The van der Waals surface area contributed by atoms with E-state index in [4.69, 9.17) is 4.74 Å². The maximum Gasteiger partial charge on any atom is 0.186 e. The summed E-state index contributed by atoms with van der Waals surface area (Å²) in [6.07, 6.45) is 0.828. The van der Waals surface area contributed by atoms with Gasteiger partial charge in [-0.1, -0.05) is 0 Å². The van der Waals surface area contributed by atoms with Gasteiger partial charge in [-0.25, -0.2) is 23.4 Å². The van der Waals surface area contributed by atoms with Crippen LogP contribution in [0.1, 0.15) is 27.7 Å². The molecule has 2 aromatic carbocycles. The lowest BCUT2D eigenvalue weighted by atomic mass is 10.2.